The van der Waals surface area contributed by atoms with E-state index in [4.69, 9.17) is 11.5 Å². The molecule has 9 nitrogen and oxygen atoms in total. The van der Waals surface area contributed by atoms with Gasteiger partial charge in [-0.25, -0.2) is 14.8 Å². The predicted molar refractivity (Wildman–Crippen MR) is 107 cm³/mol. The monoisotopic (exact) mass is 370 g/mol. The first kappa shape index (κ1) is 20.1. The molecule has 1 heterocycles. The average Bonchev–Trinajstić information content (AvgIpc) is 2.64. The molecular weight excluding hydrogens is 344 g/mol. The van der Waals surface area contributed by atoms with Crippen LogP contribution in [0.25, 0.3) is 11.1 Å². The Morgan fingerprint density at radius 2 is 1.93 bits per heavy atom. The van der Waals surface area contributed by atoms with Crippen LogP contribution in [0.5, 0.6) is 0 Å². The maximum atomic E-state index is 11.5. The van der Waals surface area contributed by atoms with Crippen molar-refractivity contribution in [2.24, 2.45) is 16.5 Å². The molecule has 9 heteroatoms. The molecule has 2 aromatic rings. The molecule has 0 saturated carbocycles. The van der Waals surface area contributed by atoms with E-state index in [2.05, 4.69) is 30.5 Å². The van der Waals surface area contributed by atoms with E-state index in [1.165, 1.54) is 0 Å². The number of hydrogen-bond donors (Lipinski definition) is 4. The highest BCUT2D eigenvalue weighted by Crippen LogP contribution is 2.19. The number of urea groups is 1. The third-order valence-corrected chi connectivity index (χ3v) is 3.65. The van der Waals surface area contributed by atoms with E-state index < -0.39 is 6.03 Å². The molecular formula is C18H26N8O. The van der Waals surface area contributed by atoms with E-state index in [0.717, 1.165) is 36.2 Å². The van der Waals surface area contributed by atoms with Gasteiger partial charge in [-0.15, -0.1) is 0 Å². The van der Waals surface area contributed by atoms with Gasteiger partial charge >= 0.3 is 6.03 Å². The fraction of sp³-hybridized carbons (Fsp3) is 0.333. The predicted octanol–water partition coefficient (Wildman–Crippen LogP) is 0.990. The van der Waals surface area contributed by atoms with Crippen LogP contribution in [-0.4, -0.2) is 54.0 Å². The van der Waals surface area contributed by atoms with Crippen LogP contribution in [0, 0.1) is 0 Å². The van der Waals surface area contributed by atoms with Gasteiger partial charge in [-0.1, -0.05) is 18.2 Å². The number of anilines is 1. The van der Waals surface area contributed by atoms with Crippen LogP contribution in [0.3, 0.4) is 0 Å². The van der Waals surface area contributed by atoms with Crippen LogP contribution in [0.2, 0.25) is 0 Å². The Kier molecular flexibility index (Phi) is 7.50. The number of hydrogen-bond acceptors (Lipinski definition) is 5. The number of carbonyl (C=O) groups is 1. The van der Waals surface area contributed by atoms with E-state index in [1.54, 1.807) is 12.4 Å². The molecule has 0 radical (unpaired) electrons. The maximum absolute atomic E-state index is 11.5. The second kappa shape index (κ2) is 10.1. The van der Waals surface area contributed by atoms with Gasteiger partial charge in [-0.3, -0.25) is 0 Å². The van der Waals surface area contributed by atoms with Crippen LogP contribution < -0.4 is 22.1 Å². The van der Waals surface area contributed by atoms with Gasteiger partial charge in [0.1, 0.15) is 0 Å². The summed E-state index contributed by atoms with van der Waals surface area (Å²) in [4.78, 5) is 25.7. The van der Waals surface area contributed by atoms with Crippen LogP contribution in [0.4, 0.5) is 10.7 Å². The largest absolute Gasteiger partial charge is 0.370 e. The Balaban J connectivity index is 1.94. The van der Waals surface area contributed by atoms with Crippen LogP contribution in [-0.2, 0) is 6.54 Å². The minimum atomic E-state index is -0.576. The Hall–Kier alpha value is -3.20. The second-order valence-electron chi connectivity index (χ2n) is 6.27. The zero-order chi connectivity index (χ0) is 19.6. The Labute approximate surface area is 158 Å². The van der Waals surface area contributed by atoms with Crippen molar-refractivity contribution in [1.82, 2.24) is 20.2 Å². The SMILES string of the molecule is CN(C)CCCNc1ncc(-c2cccc(CNC(=O)N=C(N)N)c2)cn1. The molecule has 2 rings (SSSR count). The molecule has 0 saturated heterocycles. The van der Waals surface area contributed by atoms with Crippen LogP contribution in [0.1, 0.15) is 12.0 Å². The molecule has 6 N–H and O–H groups in total. The zero-order valence-electron chi connectivity index (χ0n) is 15.6. The molecule has 27 heavy (non-hydrogen) atoms. The molecule has 2 amide bonds. The molecule has 0 aliphatic heterocycles. The van der Waals surface area contributed by atoms with Gasteiger partial charge in [0.05, 0.1) is 0 Å². The summed E-state index contributed by atoms with van der Waals surface area (Å²) < 4.78 is 0. The van der Waals surface area contributed by atoms with Crippen molar-refractivity contribution in [3.8, 4) is 11.1 Å². The number of carbonyl (C=O) groups excluding carboxylic acids is 1. The van der Waals surface area contributed by atoms with Crippen molar-refractivity contribution in [1.29, 1.82) is 0 Å². The van der Waals surface area contributed by atoms with E-state index in [-0.39, 0.29) is 5.96 Å². The highest BCUT2D eigenvalue weighted by molar-refractivity contribution is 5.90. The smallest absolute Gasteiger partial charge is 0.344 e. The summed E-state index contributed by atoms with van der Waals surface area (Å²) in [6.07, 6.45) is 4.57. The fourth-order valence-corrected chi connectivity index (χ4v) is 2.36. The number of nitrogens with zero attached hydrogens (tertiary/aromatic N) is 4. The summed E-state index contributed by atoms with van der Waals surface area (Å²) in [6, 6.07) is 7.16. The fourth-order valence-electron chi connectivity index (χ4n) is 2.36. The number of aliphatic imine (C=N–C) groups is 1. The van der Waals surface area contributed by atoms with E-state index in [9.17, 15) is 4.79 Å². The van der Waals surface area contributed by atoms with Gasteiger partial charge in [0.15, 0.2) is 5.96 Å². The first-order valence-corrected chi connectivity index (χ1v) is 8.61. The summed E-state index contributed by atoms with van der Waals surface area (Å²) in [5.41, 5.74) is 13.1. The zero-order valence-corrected chi connectivity index (χ0v) is 15.6. The molecule has 0 aliphatic rings. The standard InChI is InChI=1S/C18H26N8O/c1-26(2)8-4-7-21-17-22-11-15(12-23-17)14-6-3-5-13(9-14)10-24-18(27)25-16(19)20/h3,5-6,9,11-12H,4,7-8,10H2,1-2H3,(H,21,22,23)(H5,19,20,24,25,27). The molecule has 0 atom stereocenters. The summed E-state index contributed by atoms with van der Waals surface area (Å²) in [5.74, 6) is 0.340. The van der Waals surface area contributed by atoms with Gasteiger partial charge in [0.25, 0.3) is 0 Å². The Bertz CT molecular complexity index is 769. The summed E-state index contributed by atoms with van der Waals surface area (Å²) >= 11 is 0. The van der Waals surface area contributed by atoms with Crippen molar-refractivity contribution < 1.29 is 4.79 Å². The average molecular weight is 370 g/mol. The van der Waals surface area contributed by atoms with Crippen LogP contribution >= 0.6 is 0 Å². The van der Waals surface area contributed by atoms with Crippen molar-refractivity contribution in [2.75, 3.05) is 32.5 Å². The van der Waals surface area contributed by atoms with Crippen molar-refractivity contribution >= 4 is 17.9 Å². The van der Waals surface area contributed by atoms with Gasteiger partial charge < -0.3 is 27.0 Å². The Morgan fingerprint density at radius 1 is 1.19 bits per heavy atom. The summed E-state index contributed by atoms with van der Waals surface area (Å²) in [6.45, 7) is 2.15. The van der Waals surface area contributed by atoms with Crippen molar-refractivity contribution in [2.45, 2.75) is 13.0 Å². The van der Waals surface area contributed by atoms with Crippen molar-refractivity contribution in [3.05, 3.63) is 42.2 Å². The highest BCUT2D eigenvalue weighted by Gasteiger charge is 2.04. The Morgan fingerprint density at radius 3 is 2.59 bits per heavy atom. The lowest BCUT2D eigenvalue weighted by Gasteiger charge is -2.10. The van der Waals surface area contributed by atoms with Crippen LogP contribution in [0.15, 0.2) is 41.7 Å². The third kappa shape index (κ3) is 7.28. The van der Waals surface area contributed by atoms with Gasteiger partial charge in [-0.05, 0) is 44.3 Å². The first-order valence-electron chi connectivity index (χ1n) is 8.61. The molecule has 0 spiro atoms. The number of nitrogens with two attached hydrogens (primary N) is 2. The number of amides is 2. The molecule has 0 aliphatic carbocycles. The molecule has 0 fully saturated rings. The van der Waals surface area contributed by atoms with Gasteiger partial charge in [0, 0.05) is 31.0 Å². The third-order valence-electron chi connectivity index (χ3n) is 3.65. The lowest BCUT2D eigenvalue weighted by Crippen LogP contribution is -2.28. The second-order valence-corrected chi connectivity index (χ2v) is 6.27. The number of benzene rings is 1. The molecule has 1 aromatic carbocycles. The normalized spacial score (nSPS) is 10.5. The van der Waals surface area contributed by atoms with Crippen molar-refractivity contribution in [3.63, 3.8) is 0 Å². The minimum absolute atomic E-state index is 0.270. The topological polar surface area (TPSA) is 135 Å². The number of aromatic nitrogens is 2. The van der Waals surface area contributed by atoms with E-state index >= 15 is 0 Å². The quantitative estimate of drug-likeness (QED) is 0.309. The number of nitrogens with one attached hydrogen (secondary N) is 2. The minimum Gasteiger partial charge on any atom is -0.370 e. The molecule has 1 aromatic heterocycles. The van der Waals surface area contributed by atoms with E-state index in [0.29, 0.717) is 12.5 Å². The van der Waals surface area contributed by atoms with Gasteiger partial charge in [0.2, 0.25) is 5.95 Å². The maximum Gasteiger partial charge on any atom is 0.344 e. The lowest BCUT2D eigenvalue weighted by molar-refractivity contribution is 0.249. The summed E-state index contributed by atoms with van der Waals surface area (Å²) in [7, 11) is 4.09. The summed E-state index contributed by atoms with van der Waals surface area (Å²) in [5, 5.41) is 5.83. The highest BCUT2D eigenvalue weighted by atomic mass is 16.2. The molecule has 0 bridgehead atoms. The van der Waals surface area contributed by atoms with Gasteiger partial charge in [-0.2, -0.15) is 4.99 Å². The number of rotatable bonds is 8. The molecule has 144 valence electrons. The number of guanidine groups is 1. The molecule has 0 unspecified atom stereocenters. The lowest BCUT2D eigenvalue weighted by atomic mass is 10.1. The van der Waals surface area contributed by atoms with E-state index in [1.807, 2.05) is 38.4 Å². The first-order chi connectivity index (χ1) is 12.9.